The van der Waals surface area contributed by atoms with E-state index in [9.17, 15) is 18.1 Å². The molecule has 2 aromatic heterocycles. The fourth-order valence-corrected chi connectivity index (χ4v) is 5.66. The largest absolute Gasteiger partial charge is 0.497 e. The summed E-state index contributed by atoms with van der Waals surface area (Å²) < 4.78 is 33.6. The van der Waals surface area contributed by atoms with Crippen LogP contribution in [-0.4, -0.2) is 55.3 Å². The number of nitroso groups, excluding NO2 is 1. The second kappa shape index (κ2) is 12.8. The molecule has 2 N–H and O–H groups in total. The summed E-state index contributed by atoms with van der Waals surface area (Å²) in [5.74, 6) is 0.0338. The fourth-order valence-electron chi connectivity index (χ4n) is 4.04. The van der Waals surface area contributed by atoms with Crippen molar-refractivity contribution in [3.8, 4) is 5.75 Å². The number of halogens is 1. The van der Waals surface area contributed by atoms with Gasteiger partial charge in [0, 0.05) is 54.0 Å². The van der Waals surface area contributed by atoms with Crippen molar-refractivity contribution < 1.29 is 17.9 Å². The Morgan fingerprint density at radius 1 is 1.07 bits per heavy atom. The lowest BCUT2D eigenvalue weighted by atomic mass is 10.1. The Labute approximate surface area is 236 Å². The van der Waals surface area contributed by atoms with Crippen molar-refractivity contribution in [2.24, 2.45) is 5.18 Å². The number of aryl methyl sites for hydroxylation is 1. The van der Waals surface area contributed by atoms with E-state index in [1.165, 1.54) is 42.0 Å². The molecule has 0 saturated heterocycles. The second-order valence-corrected chi connectivity index (χ2v) is 11.1. The molecule has 40 heavy (non-hydrogen) atoms. The molecule has 2 aromatic carbocycles. The summed E-state index contributed by atoms with van der Waals surface area (Å²) in [6.45, 7) is 2.05. The fraction of sp³-hybridized carbons (Fsp3) is 0.222. The van der Waals surface area contributed by atoms with Crippen LogP contribution >= 0.6 is 11.6 Å². The van der Waals surface area contributed by atoms with Gasteiger partial charge >= 0.3 is 0 Å². The standard InChI is InChI=1S/C27H27ClN6O5S/c1-18-15-25(22-16-19(28)3-8-23(22)31-18)30-12-14-34(40(37,38)21-6-4-20(39-2)5-7-21)13-10-27(35)32-24-9-11-29-17-26(24)33-36/h3-9,11,15-17H,10,12-14H2,1-2H3,(H,30,31)(H,29,32,35). The highest BCUT2D eigenvalue weighted by atomic mass is 35.5. The predicted octanol–water partition coefficient (Wildman–Crippen LogP) is 5.13. The van der Waals surface area contributed by atoms with Crippen molar-refractivity contribution in [2.75, 3.05) is 37.4 Å². The molecular weight excluding hydrogens is 556 g/mol. The zero-order valence-corrected chi connectivity index (χ0v) is 23.4. The molecule has 0 spiro atoms. The smallest absolute Gasteiger partial charge is 0.243 e. The summed E-state index contributed by atoms with van der Waals surface area (Å²) in [4.78, 5) is 32.1. The highest BCUT2D eigenvalue weighted by Gasteiger charge is 2.25. The molecule has 2 heterocycles. The van der Waals surface area contributed by atoms with Crippen LogP contribution in [0.15, 0.2) is 77.1 Å². The number of carbonyl (C=O) groups is 1. The van der Waals surface area contributed by atoms with Crippen LogP contribution in [0.4, 0.5) is 17.1 Å². The molecule has 1 amide bonds. The molecule has 13 heteroatoms. The number of hydrogen-bond donors (Lipinski definition) is 2. The van der Waals surface area contributed by atoms with Gasteiger partial charge in [0.25, 0.3) is 0 Å². The molecule has 0 aliphatic carbocycles. The van der Waals surface area contributed by atoms with E-state index in [2.05, 4.69) is 25.8 Å². The maximum Gasteiger partial charge on any atom is 0.243 e. The minimum absolute atomic E-state index is 0.0252. The van der Waals surface area contributed by atoms with E-state index in [4.69, 9.17) is 16.3 Å². The second-order valence-electron chi connectivity index (χ2n) is 8.76. The molecule has 0 fully saturated rings. The molecule has 4 aromatic rings. The summed E-state index contributed by atoms with van der Waals surface area (Å²) in [5, 5.41) is 10.1. The zero-order valence-electron chi connectivity index (χ0n) is 21.8. The lowest BCUT2D eigenvalue weighted by Crippen LogP contribution is -2.37. The lowest BCUT2D eigenvalue weighted by molar-refractivity contribution is -0.116. The van der Waals surface area contributed by atoms with Gasteiger partial charge in [-0.15, -0.1) is 4.91 Å². The maximum atomic E-state index is 13.6. The van der Waals surface area contributed by atoms with Crippen LogP contribution in [0.1, 0.15) is 12.1 Å². The average Bonchev–Trinajstić information content (AvgIpc) is 2.95. The topological polar surface area (TPSA) is 143 Å². The monoisotopic (exact) mass is 582 g/mol. The van der Waals surface area contributed by atoms with Crippen LogP contribution in [0.2, 0.25) is 5.02 Å². The third-order valence-electron chi connectivity index (χ3n) is 6.03. The summed E-state index contributed by atoms with van der Waals surface area (Å²) in [5.41, 5.74) is 2.47. The van der Waals surface area contributed by atoms with Crippen molar-refractivity contribution in [2.45, 2.75) is 18.2 Å². The van der Waals surface area contributed by atoms with Gasteiger partial charge in [-0.3, -0.25) is 14.8 Å². The van der Waals surface area contributed by atoms with Crippen molar-refractivity contribution in [1.82, 2.24) is 14.3 Å². The Balaban J connectivity index is 1.53. The van der Waals surface area contributed by atoms with E-state index in [1.807, 2.05) is 19.1 Å². The third kappa shape index (κ3) is 6.89. The van der Waals surface area contributed by atoms with Gasteiger partial charge in [-0.25, -0.2) is 8.42 Å². The first kappa shape index (κ1) is 28.9. The molecule has 208 valence electrons. The Morgan fingerprint density at radius 2 is 1.85 bits per heavy atom. The first-order valence-corrected chi connectivity index (χ1v) is 14.1. The van der Waals surface area contributed by atoms with Crippen LogP contribution < -0.4 is 15.4 Å². The molecule has 0 bridgehead atoms. The Morgan fingerprint density at radius 3 is 2.58 bits per heavy atom. The van der Waals surface area contributed by atoms with Crippen LogP contribution in [-0.2, 0) is 14.8 Å². The number of benzene rings is 2. The van der Waals surface area contributed by atoms with Crippen molar-refractivity contribution >= 4 is 55.5 Å². The normalized spacial score (nSPS) is 11.4. The minimum Gasteiger partial charge on any atom is -0.497 e. The number of hydrogen-bond acceptors (Lipinski definition) is 9. The van der Waals surface area contributed by atoms with Crippen molar-refractivity contribution in [3.05, 3.63) is 82.6 Å². The van der Waals surface area contributed by atoms with E-state index in [-0.39, 0.29) is 42.3 Å². The number of fused-ring (bicyclic) bond motifs is 1. The van der Waals surface area contributed by atoms with E-state index in [1.54, 1.807) is 24.3 Å². The van der Waals surface area contributed by atoms with Crippen LogP contribution in [0, 0.1) is 11.8 Å². The van der Waals surface area contributed by atoms with Crippen LogP contribution in [0.3, 0.4) is 0 Å². The zero-order chi connectivity index (χ0) is 28.7. The highest BCUT2D eigenvalue weighted by Crippen LogP contribution is 2.27. The average molecular weight is 583 g/mol. The summed E-state index contributed by atoms with van der Waals surface area (Å²) in [6, 6.07) is 14.7. The van der Waals surface area contributed by atoms with Gasteiger partial charge in [0.1, 0.15) is 11.4 Å². The molecule has 0 aliphatic heterocycles. The molecule has 11 nitrogen and oxygen atoms in total. The van der Waals surface area contributed by atoms with E-state index in [0.29, 0.717) is 10.8 Å². The molecule has 4 rings (SSSR count). The summed E-state index contributed by atoms with van der Waals surface area (Å²) in [6.07, 6.45) is 2.48. The van der Waals surface area contributed by atoms with E-state index in [0.717, 1.165) is 22.3 Å². The van der Waals surface area contributed by atoms with E-state index >= 15 is 0 Å². The Hall–Kier alpha value is -4.13. The predicted molar refractivity (Wildman–Crippen MR) is 155 cm³/mol. The number of nitrogens with zero attached hydrogens (tertiary/aromatic N) is 4. The van der Waals surface area contributed by atoms with Gasteiger partial charge in [-0.05, 0) is 66.7 Å². The highest BCUT2D eigenvalue weighted by molar-refractivity contribution is 7.89. The van der Waals surface area contributed by atoms with Gasteiger partial charge in [-0.1, -0.05) is 11.6 Å². The van der Waals surface area contributed by atoms with Gasteiger partial charge in [-0.2, -0.15) is 4.31 Å². The van der Waals surface area contributed by atoms with Gasteiger partial charge in [0.05, 0.1) is 29.4 Å². The SMILES string of the molecule is COc1ccc(S(=O)(=O)N(CCNc2cc(C)nc3ccc(Cl)cc23)CCC(=O)Nc2ccncc2N=O)cc1. The number of anilines is 2. The first-order valence-electron chi connectivity index (χ1n) is 12.2. The molecule has 0 unspecified atom stereocenters. The number of sulfonamides is 1. The number of aromatic nitrogens is 2. The number of rotatable bonds is 12. The number of nitrogens with one attached hydrogen (secondary N) is 2. The quantitative estimate of drug-likeness (QED) is 0.219. The molecule has 0 saturated carbocycles. The minimum atomic E-state index is -3.97. The molecule has 0 radical (unpaired) electrons. The van der Waals surface area contributed by atoms with Crippen LogP contribution in [0.5, 0.6) is 5.75 Å². The first-order chi connectivity index (χ1) is 19.2. The van der Waals surface area contributed by atoms with Gasteiger partial charge < -0.3 is 15.4 Å². The van der Waals surface area contributed by atoms with Gasteiger partial charge in [0.15, 0.2) is 0 Å². The van der Waals surface area contributed by atoms with Crippen molar-refractivity contribution in [3.63, 3.8) is 0 Å². The maximum absolute atomic E-state index is 13.6. The number of carbonyl (C=O) groups excluding carboxylic acids is 1. The Kier molecular flexibility index (Phi) is 9.25. The third-order valence-corrected chi connectivity index (χ3v) is 8.18. The number of pyridine rings is 2. The Bertz CT molecular complexity index is 1630. The van der Waals surface area contributed by atoms with E-state index < -0.39 is 15.9 Å². The molecule has 0 atom stereocenters. The summed E-state index contributed by atoms with van der Waals surface area (Å²) >= 11 is 6.20. The number of ether oxygens (including phenoxy) is 1. The molecule has 0 aliphatic rings. The van der Waals surface area contributed by atoms with Gasteiger partial charge in [0.2, 0.25) is 15.9 Å². The lowest BCUT2D eigenvalue weighted by Gasteiger charge is -2.23. The van der Waals surface area contributed by atoms with Crippen LogP contribution in [0.25, 0.3) is 10.9 Å². The number of methoxy groups -OCH3 is 1. The number of amides is 1. The van der Waals surface area contributed by atoms with Crippen molar-refractivity contribution in [1.29, 1.82) is 0 Å². The summed E-state index contributed by atoms with van der Waals surface area (Å²) in [7, 11) is -2.48. The molecular formula is C27H27ClN6O5S.